The monoisotopic (exact) mass is 214 g/mol. The minimum Gasteiger partial charge on any atom is -0.311 e. The minimum absolute atomic E-state index is 0.235. The third-order valence-electron chi connectivity index (χ3n) is 2.79. The van der Waals surface area contributed by atoms with Crippen LogP contribution in [0.2, 0.25) is 0 Å². The molecule has 0 fully saturated rings. The van der Waals surface area contributed by atoms with Crippen molar-refractivity contribution >= 4 is 0 Å². The Bertz CT molecular complexity index is 149. The molecule has 0 heterocycles. The summed E-state index contributed by atoms with van der Waals surface area (Å²) in [4.78, 5) is 2.45. The highest BCUT2D eigenvalue weighted by Gasteiger charge is 2.13. The summed E-state index contributed by atoms with van der Waals surface area (Å²) in [6, 6.07) is 0.626. The van der Waals surface area contributed by atoms with Crippen LogP contribution in [0.1, 0.15) is 53.9 Å². The van der Waals surface area contributed by atoms with Gasteiger partial charge in [-0.15, -0.1) is 0 Å². The molecular formula is C13H30N2. The molecule has 0 radical (unpaired) electrons. The summed E-state index contributed by atoms with van der Waals surface area (Å²) >= 11 is 0. The second-order valence-corrected chi connectivity index (χ2v) is 5.67. The topological polar surface area (TPSA) is 15.3 Å². The largest absolute Gasteiger partial charge is 0.311 e. The molecule has 0 aliphatic heterocycles. The summed E-state index contributed by atoms with van der Waals surface area (Å²) < 4.78 is 0. The predicted octanol–water partition coefficient (Wildman–Crippen LogP) is 2.89. The van der Waals surface area contributed by atoms with Crippen LogP contribution in [0.3, 0.4) is 0 Å². The second kappa shape index (κ2) is 7.24. The van der Waals surface area contributed by atoms with Crippen LogP contribution < -0.4 is 5.32 Å². The van der Waals surface area contributed by atoms with E-state index in [1.54, 1.807) is 0 Å². The van der Waals surface area contributed by atoms with Crippen LogP contribution in [-0.2, 0) is 0 Å². The number of hydrogen-bond acceptors (Lipinski definition) is 2. The van der Waals surface area contributed by atoms with Gasteiger partial charge >= 0.3 is 0 Å². The highest BCUT2D eigenvalue weighted by molar-refractivity contribution is 4.75. The van der Waals surface area contributed by atoms with Crippen LogP contribution in [0, 0.1) is 0 Å². The third kappa shape index (κ3) is 8.88. The molecule has 1 unspecified atom stereocenters. The van der Waals surface area contributed by atoms with E-state index >= 15 is 0 Å². The number of hydrogen-bond donors (Lipinski definition) is 1. The molecule has 0 aromatic rings. The molecule has 0 bridgehead atoms. The maximum Gasteiger partial charge on any atom is 0.0189 e. The van der Waals surface area contributed by atoms with Crippen LogP contribution in [0.15, 0.2) is 0 Å². The quantitative estimate of drug-likeness (QED) is 0.656. The summed E-state index contributed by atoms with van der Waals surface area (Å²) in [5.74, 6) is 0. The lowest BCUT2D eigenvalue weighted by molar-refractivity contribution is 0.231. The fraction of sp³-hybridized carbons (Fsp3) is 1.00. The molecule has 0 aliphatic rings. The zero-order valence-corrected chi connectivity index (χ0v) is 11.6. The molecule has 0 saturated carbocycles. The number of unbranched alkanes of at least 4 members (excludes halogenated alkanes) is 2. The van der Waals surface area contributed by atoms with Gasteiger partial charge in [0, 0.05) is 18.1 Å². The van der Waals surface area contributed by atoms with Crippen molar-refractivity contribution in [1.29, 1.82) is 0 Å². The fourth-order valence-electron chi connectivity index (χ4n) is 1.44. The van der Waals surface area contributed by atoms with Crippen molar-refractivity contribution in [3.8, 4) is 0 Å². The van der Waals surface area contributed by atoms with Gasteiger partial charge in [0.2, 0.25) is 0 Å². The molecule has 92 valence electrons. The van der Waals surface area contributed by atoms with Crippen LogP contribution in [0.25, 0.3) is 0 Å². The van der Waals surface area contributed by atoms with Crippen molar-refractivity contribution in [2.24, 2.45) is 0 Å². The molecule has 15 heavy (non-hydrogen) atoms. The van der Waals surface area contributed by atoms with Crippen molar-refractivity contribution < 1.29 is 0 Å². The molecular weight excluding hydrogens is 184 g/mol. The Morgan fingerprint density at radius 2 is 1.80 bits per heavy atom. The highest BCUT2D eigenvalue weighted by atomic mass is 15.1. The van der Waals surface area contributed by atoms with Crippen LogP contribution in [-0.4, -0.2) is 36.6 Å². The van der Waals surface area contributed by atoms with Crippen molar-refractivity contribution in [1.82, 2.24) is 10.2 Å². The van der Waals surface area contributed by atoms with E-state index in [0.29, 0.717) is 6.04 Å². The molecule has 1 atom stereocenters. The van der Waals surface area contributed by atoms with Gasteiger partial charge in [0.05, 0.1) is 0 Å². The van der Waals surface area contributed by atoms with Gasteiger partial charge in [0.1, 0.15) is 0 Å². The normalized spacial score (nSPS) is 14.6. The molecule has 2 heteroatoms. The lowest BCUT2D eigenvalue weighted by Crippen LogP contribution is -2.45. The number of nitrogens with one attached hydrogen (secondary N) is 1. The Balaban J connectivity index is 3.64. The summed E-state index contributed by atoms with van der Waals surface area (Å²) in [7, 11) is 2.23. The van der Waals surface area contributed by atoms with E-state index in [0.717, 1.165) is 6.54 Å². The van der Waals surface area contributed by atoms with E-state index in [1.165, 1.54) is 25.8 Å². The smallest absolute Gasteiger partial charge is 0.0189 e. The second-order valence-electron chi connectivity index (χ2n) is 5.67. The molecule has 1 N–H and O–H groups in total. The first kappa shape index (κ1) is 14.9. The van der Waals surface area contributed by atoms with Crippen LogP contribution in [0.4, 0.5) is 0 Å². The van der Waals surface area contributed by atoms with Crippen molar-refractivity contribution in [2.45, 2.75) is 65.5 Å². The molecule has 0 rings (SSSR count). The molecule has 0 aromatic heterocycles. The molecule has 0 amide bonds. The minimum atomic E-state index is 0.235. The van der Waals surface area contributed by atoms with E-state index in [-0.39, 0.29) is 5.54 Å². The first-order valence-electron chi connectivity index (χ1n) is 6.32. The van der Waals surface area contributed by atoms with Crippen molar-refractivity contribution in [3.63, 3.8) is 0 Å². The van der Waals surface area contributed by atoms with E-state index in [9.17, 15) is 0 Å². The third-order valence-corrected chi connectivity index (χ3v) is 2.79. The van der Waals surface area contributed by atoms with Gasteiger partial charge in [-0.2, -0.15) is 0 Å². The standard InChI is InChI=1S/C13H30N2/c1-7-8-9-10-15(6)12(2)11-14-13(3,4)5/h12,14H,7-11H2,1-6H3. The Morgan fingerprint density at radius 3 is 2.27 bits per heavy atom. The molecule has 0 aromatic carbocycles. The number of likely N-dealkylation sites (N-methyl/N-ethyl adjacent to an activating group) is 1. The lowest BCUT2D eigenvalue weighted by Gasteiger charge is -2.29. The molecule has 0 aliphatic carbocycles. The average Bonchev–Trinajstić information content (AvgIpc) is 2.13. The lowest BCUT2D eigenvalue weighted by atomic mass is 10.1. The van der Waals surface area contributed by atoms with Crippen molar-refractivity contribution in [2.75, 3.05) is 20.1 Å². The molecule has 2 nitrogen and oxygen atoms in total. The van der Waals surface area contributed by atoms with E-state index in [4.69, 9.17) is 0 Å². The van der Waals surface area contributed by atoms with Gasteiger partial charge in [-0.1, -0.05) is 19.8 Å². The number of rotatable bonds is 7. The first-order chi connectivity index (χ1) is 6.87. The van der Waals surface area contributed by atoms with Gasteiger partial charge in [0.15, 0.2) is 0 Å². The Kier molecular flexibility index (Phi) is 7.20. The van der Waals surface area contributed by atoms with Gasteiger partial charge in [0.25, 0.3) is 0 Å². The van der Waals surface area contributed by atoms with E-state index in [1.807, 2.05) is 0 Å². The van der Waals surface area contributed by atoms with Gasteiger partial charge in [-0.05, 0) is 47.7 Å². The summed E-state index contributed by atoms with van der Waals surface area (Å²) in [6.45, 7) is 13.5. The average molecular weight is 214 g/mol. The fourth-order valence-corrected chi connectivity index (χ4v) is 1.44. The van der Waals surface area contributed by atoms with E-state index in [2.05, 4.69) is 51.9 Å². The summed E-state index contributed by atoms with van der Waals surface area (Å²) in [5, 5.41) is 3.55. The van der Waals surface area contributed by atoms with Gasteiger partial charge < -0.3 is 10.2 Å². The highest BCUT2D eigenvalue weighted by Crippen LogP contribution is 2.03. The maximum absolute atomic E-state index is 3.55. The Labute approximate surface area is 96.4 Å². The molecule has 0 spiro atoms. The van der Waals surface area contributed by atoms with Crippen molar-refractivity contribution in [3.05, 3.63) is 0 Å². The van der Waals surface area contributed by atoms with Gasteiger partial charge in [-0.3, -0.25) is 0 Å². The van der Waals surface area contributed by atoms with Crippen LogP contribution >= 0.6 is 0 Å². The number of nitrogens with zero attached hydrogens (tertiary/aromatic N) is 1. The molecule has 0 saturated heterocycles. The van der Waals surface area contributed by atoms with Gasteiger partial charge in [-0.25, -0.2) is 0 Å². The predicted molar refractivity (Wildman–Crippen MR) is 69.4 cm³/mol. The van der Waals surface area contributed by atoms with E-state index < -0.39 is 0 Å². The Hall–Kier alpha value is -0.0800. The van der Waals surface area contributed by atoms with Crippen LogP contribution in [0.5, 0.6) is 0 Å². The summed E-state index contributed by atoms with van der Waals surface area (Å²) in [5.41, 5.74) is 0.235. The first-order valence-corrected chi connectivity index (χ1v) is 6.32. The maximum atomic E-state index is 3.55. The Morgan fingerprint density at radius 1 is 1.20 bits per heavy atom. The SMILES string of the molecule is CCCCCN(C)C(C)CNC(C)(C)C. The summed E-state index contributed by atoms with van der Waals surface area (Å²) in [6.07, 6.45) is 3.99. The zero-order chi connectivity index (χ0) is 11.9. The zero-order valence-electron chi connectivity index (χ0n) is 11.6.